The summed E-state index contributed by atoms with van der Waals surface area (Å²) in [5.74, 6) is -1.20. The molecule has 0 radical (unpaired) electrons. The number of carboxylic acids is 1. The lowest BCUT2D eigenvalue weighted by Gasteiger charge is -2.25. The number of ether oxygens (including phenoxy) is 1. The maximum atomic E-state index is 13.2. The highest BCUT2D eigenvalue weighted by atomic mass is 19.1. The Bertz CT molecular complexity index is 1070. The van der Waals surface area contributed by atoms with Crippen LogP contribution in [0.1, 0.15) is 45.6 Å². The molecule has 0 saturated carbocycles. The second-order valence-electron chi connectivity index (χ2n) is 6.95. The number of carbonyl (C=O) groups is 1. The third-order valence-electron chi connectivity index (χ3n) is 5.48. The standard InChI is InChI=1S/C22H15FO3/c1-22-18-9-5-13(12-2-6-15(23)7-3-12)10-17(18)20(26-22)16-8-4-14(21(24)25)11-19(16)22/h2-11,20H,1H3,(H,24,25). The van der Waals surface area contributed by atoms with Crippen molar-refractivity contribution in [1.82, 2.24) is 0 Å². The van der Waals surface area contributed by atoms with Gasteiger partial charge in [0.25, 0.3) is 0 Å². The maximum absolute atomic E-state index is 13.2. The van der Waals surface area contributed by atoms with Crippen molar-refractivity contribution in [3.8, 4) is 11.1 Å². The van der Waals surface area contributed by atoms with E-state index in [0.29, 0.717) is 0 Å². The predicted octanol–water partition coefficient (Wildman–Crippen LogP) is 4.89. The molecule has 1 N–H and O–H groups in total. The Kier molecular flexibility index (Phi) is 2.95. The van der Waals surface area contributed by atoms with Gasteiger partial charge in [-0.15, -0.1) is 0 Å². The Morgan fingerprint density at radius 3 is 2.42 bits per heavy atom. The van der Waals surface area contributed by atoms with Crippen LogP contribution in [0, 0.1) is 5.82 Å². The third kappa shape index (κ3) is 1.93. The number of rotatable bonds is 2. The molecule has 2 unspecified atom stereocenters. The maximum Gasteiger partial charge on any atom is 0.335 e. The van der Waals surface area contributed by atoms with E-state index in [0.717, 1.165) is 33.4 Å². The topological polar surface area (TPSA) is 46.5 Å². The Labute approximate surface area is 149 Å². The molecule has 2 aliphatic heterocycles. The van der Waals surface area contributed by atoms with Crippen molar-refractivity contribution in [3.63, 3.8) is 0 Å². The van der Waals surface area contributed by atoms with E-state index >= 15 is 0 Å². The van der Waals surface area contributed by atoms with Crippen molar-refractivity contribution in [1.29, 1.82) is 0 Å². The van der Waals surface area contributed by atoms with Gasteiger partial charge in [0.1, 0.15) is 17.5 Å². The Morgan fingerprint density at radius 1 is 0.962 bits per heavy atom. The van der Waals surface area contributed by atoms with Gasteiger partial charge >= 0.3 is 5.97 Å². The summed E-state index contributed by atoms with van der Waals surface area (Å²) in [6.07, 6.45) is -0.201. The molecule has 26 heavy (non-hydrogen) atoms. The van der Waals surface area contributed by atoms with E-state index in [1.165, 1.54) is 12.1 Å². The van der Waals surface area contributed by atoms with Crippen LogP contribution in [0.2, 0.25) is 0 Å². The van der Waals surface area contributed by atoms with Crippen molar-refractivity contribution in [2.45, 2.75) is 18.6 Å². The first kappa shape index (κ1) is 15.3. The van der Waals surface area contributed by atoms with Crippen LogP contribution in [0.25, 0.3) is 11.1 Å². The molecule has 0 spiro atoms. The number of benzene rings is 3. The van der Waals surface area contributed by atoms with E-state index in [2.05, 4.69) is 6.07 Å². The normalized spacial score (nSPS) is 22.2. The lowest BCUT2D eigenvalue weighted by Crippen LogP contribution is -2.21. The summed E-state index contributed by atoms with van der Waals surface area (Å²) >= 11 is 0. The Hall–Kier alpha value is -2.98. The minimum atomic E-state index is -0.939. The van der Waals surface area contributed by atoms with Crippen LogP contribution in [0.15, 0.2) is 60.7 Å². The number of carboxylic acid groups (broad SMARTS) is 1. The van der Waals surface area contributed by atoms with Gasteiger partial charge < -0.3 is 9.84 Å². The van der Waals surface area contributed by atoms with Crippen LogP contribution in [-0.4, -0.2) is 11.1 Å². The summed E-state index contributed by atoms with van der Waals surface area (Å²) in [7, 11) is 0. The number of fused-ring (bicyclic) bond motifs is 8. The minimum absolute atomic E-state index is 0.201. The Morgan fingerprint density at radius 2 is 1.69 bits per heavy atom. The number of halogens is 1. The van der Waals surface area contributed by atoms with Gasteiger partial charge in [0.2, 0.25) is 0 Å². The van der Waals surface area contributed by atoms with Crippen molar-refractivity contribution in [2.24, 2.45) is 0 Å². The molecule has 3 aromatic rings. The molecular weight excluding hydrogens is 331 g/mol. The molecular formula is C22H15FO3. The summed E-state index contributed by atoms with van der Waals surface area (Å²) < 4.78 is 19.5. The van der Waals surface area contributed by atoms with Crippen molar-refractivity contribution < 1.29 is 19.0 Å². The van der Waals surface area contributed by atoms with Crippen LogP contribution in [0.3, 0.4) is 0 Å². The van der Waals surface area contributed by atoms with E-state index in [1.807, 2.05) is 25.1 Å². The number of aromatic carboxylic acids is 1. The molecule has 0 aliphatic carbocycles. The lowest BCUT2D eigenvalue weighted by atomic mass is 9.77. The van der Waals surface area contributed by atoms with Crippen molar-refractivity contribution >= 4 is 5.97 Å². The van der Waals surface area contributed by atoms with Gasteiger partial charge in [-0.2, -0.15) is 0 Å². The highest BCUT2D eigenvalue weighted by molar-refractivity contribution is 5.88. The zero-order valence-electron chi connectivity index (χ0n) is 14.0. The first-order chi connectivity index (χ1) is 12.5. The second-order valence-corrected chi connectivity index (χ2v) is 6.95. The van der Waals surface area contributed by atoms with Crippen molar-refractivity contribution in [2.75, 3.05) is 0 Å². The van der Waals surface area contributed by atoms with Gasteiger partial charge in [-0.25, -0.2) is 9.18 Å². The minimum Gasteiger partial charge on any atom is -0.478 e. The van der Waals surface area contributed by atoms with Gasteiger partial charge in [0.15, 0.2) is 0 Å². The van der Waals surface area contributed by atoms with Gasteiger partial charge in [-0.1, -0.05) is 30.3 Å². The summed E-state index contributed by atoms with van der Waals surface area (Å²) in [5, 5.41) is 9.28. The van der Waals surface area contributed by atoms with E-state index in [4.69, 9.17) is 4.74 Å². The molecule has 0 amide bonds. The van der Waals surface area contributed by atoms with Gasteiger partial charge in [0, 0.05) is 0 Å². The molecule has 2 atom stereocenters. The van der Waals surface area contributed by atoms with Crippen LogP contribution in [0.4, 0.5) is 4.39 Å². The van der Waals surface area contributed by atoms with Gasteiger partial charge in [0.05, 0.1) is 5.56 Å². The molecule has 0 aromatic heterocycles. The summed E-state index contributed by atoms with van der Waals surface area (Å²) in [5.41, 5.74) is 5.67. The molecule has 128 valence electrons. The SMILES string of the molecule is CC12OC(c3cc(-c4ccc(F)cc4)ccc31)c1ccc(C(=O)O)cc12. The van der Waals surface area contributed by atoms with E-state index in [-0.39, 0.29) is 17.5 Å². The fourth-order valence-electron chi connectivity index (χ4n) is 4.17. The molecule has 0 fully saturated rings. The van der Waals surface area contributed by atoms with Crippen LogP contribution in [-0.2, 0) is 10.3 Å². The average molecular weight is 346 g/mol. The number of hydrogen-bond acceptors (Lipinski definition) is 2. The average Bonchev–Trinajstić information content (AvgIpc) is 3.11. The second kappa shape index (κ2) is 5.02. The molecule has 4 heteroatoms. The van der Waals surface area contributed by atoms with Crippen LogP contribution >= 0.6 is 0 Å². The molecule has 2 aliphatic rings. The zero-order chi connectivity index (χ0) is 18.1. The zero-order valence-corrected chi connectivity index (χ0v) is 14.0. The highest BCUT2D eigenvalue weighted by Gasteiger charge is 2.51. The van der Waals surface area contributed by atoms with Crippen LogP contribution in [0.5, 0.6) is 0 Å². The molecule has 5 rings (SSSR count). The molecule has 2 heterocycles. The van der Waals surface area contributed by atoms with E-state index in [1.54, 1.807) is 24.3 Å². The smallest absolute Gasteiger partial charge is 0.335 e. The monoisotopic (exact) mass is 346 g/mol. The largest absolute Gasteiger partial charge is 0.478 e. The van der Waals surface area contributed by atoms with E-state index < -0.39 is 11.6 Å². The molecule has 0 saturated heterocycles. The summed E-state index contributed by atoms with van der Waals surface area (Å²) in [6.45, 7) is 1.99. The quantitative estimate of drug-likeness (QED) is 0.719. The van der Waals surface area contributed by atoms with Gasteiger partial charge in [-0.3, -0.25) is 0 Å². The predicted molar refractivity (Wildman–Crippen MR) is 94.6 cm³/mol. The lowest BCUT2D eigenvalue weighted by molar-refractivity contribution is 0.00899. The third-order valence-corrected chi connectivity index (χ3v) is 5.48. The fraction of sp³-hybridized carbons (Fsp3) is 0.136. The van der Waals surface area contributed by atoms with Gasteiger partial charge in [-0.05, 0) is 70.6 Å². The Balaban J connectivity index is 1.64. The first-order valence-electron chi connectivity index (χ1n) is 8.43. The number of hydrogen-bond donors (Lipinski definition) is 1. The summed E-state index contributed by atoms with van der Waals surface area (Å²) in [4.78, 5) is 11.3. The molecule has 2 bridgehead atoms. The van der Waals surface area contributed by atoms with Crippen LogP contribution < -0.4 is 0 Å². The summed E-state index contributed by atoms with van der Waals surface area (Å²) in [6, 6.07) is 17.7. The first-order valence-corrected chi connectivity index (χ1v) is 8.43. The van der Waals surface area contributed by atoms with E-state index in [9.17, 15) is 14.3 Å². The highest BCUT2D eigenvalue weighted by Crippen LogP contribution is 2.58. The van der Waals surface area contributed by atoms with Crippen molar-refractivity contribution in [3.05, 3.63) is 94.3 Å². The fourth-order valence-corrected chi connectivity index (χ4v) is 4.17. The molecule has 3 nitrogen and oxygen atoms in total. The molecule has 3 aromatic carbocycles.